The van der Waals surface area contributed by atoms with Crippen LogP contribution in [0.3, 0.4) is 0 Å². The highest BCUT2D eigenvalue weighted by molar-refractivity contribution is 14.0. The van der Waals surface area contributed by atoms with Gasteiger partial charge in [-0.3, -0.25) is 4.99 Å². The first-order valence-corrected chi connectivity index (χ1v) is 9.98. The molecular formula is C21H34IN3O2. The summed E-state index contributed by atoms with van der Waals surface area (Å²) >= 11 is 0. The lowest BCUT2D eigenvalue weighted by Crippen LogP contribution is -2.51. The second-order valence-corrected chi connectivity index (χ2v) is 7.74. The number of likely N-dealkylation sites (tertiary alicyclic amines) is 1. The van der Waals surface area contributed by atoms with Gasteiger partial charge in [0.1, 0.15) is 0 Å². The first kappa shape index (κ1) is 22.4. The molecule has 0 aromatic heterocycles. The van der Waals surface area contributed by atoms with Crippen LogP contribution in [0.5, 0.6) is 0 Å². The number of aliphatic hydroxyl groups is 1. The summed E-state index contributed by atoms with van der Waals surface area (Å²) in [5, 5.41) is 13.1. The van der Waals surface area contributed by atoms with Crippen molar-refractivity contribution >= 4 is 29.9 Å². The van der Waals surface area contributed by atoms with Crippen LogP contribution in [0, 0.1) is 11.3 Å². The number of guanidine groups is 1. The largest absolute Gasteiger partial charge is 0.396 e. The molecule has 0 aliphatic carbocycles. The minimum Gasteiger partial charge on any atom is -0.396 e. The number of aliphatic imine (C=N–C) groups is 1. The van der Waals surface area contributed by atoms with Crippen LogP contribution >= 0.6 is 24.0 Å². The maximum atomic E-state index is 9.65. The van der Waals surface area contributed by atoms with E-state index in [0.29, 0.717) is 31.6 Å². The zero-order valence-electron chi connectivity index (χ0n) is 16.6. The molecule has 3 rings (SSSR count). The van der Waals surface area contributed by atoms with Crippen molar-refractivity contribution in [3.05, 3.63) is 35.9 Å². The number of benzene rings is 1. The Kier molecular flexibility index (Phi) is 8.82. The van der Waals surface area contributed by atoms with Gasteiger partial charge in [-0.15, -0.1) is 24.0 Å². The Morgan fingerprint density at radius 1 is 1.30 bits per heavy atom. The molecule has 2 N–H and O–H groups in total. The second-order valence-electron chi connectivity index (χ2n) is 7.74. The van der Waals surface area contributed by atoms with Crippen LogP contribution in [-0.2, 0) is 4.74 Å². The molecule has 152 valence electrons. The summed E-state index contributed by atoms with van der Waals surface area (Å²) in [5.41, 5.74) is 1.29. The normalized spacial score (nSPS) is 24.7. The van der Waals surface area contributed by atoms with E-state index in [9.17, 15) is 5.11 Å². The Morgan fingerprint density at radius 2 is 2.04 bits per heavy atom. The zero-order chi connectivity index (χ0) is 18.4. The smallest absolute Gasteiger partial charge is 0.193 e. The van der Waals surface area contributed by atoms with Crippen LogP contribution in [-0.4, -0.2) is 62.0 Å². The summed E-state index contributed by atoms with van der Waals surface area (Å²) in [6.07, 6.45) is 2.32. The van der Waals surface area contributed by atoms with Crippen molar-refractivity contribution in [2.75, 3.05) is 46.0 Å². The lowest BCUT2D eigenvalue weighted by molar-refractivity contribution is -0.130. The Balaban J connectivity index is 0.00000261. The Labute approximate surface area is 180 Å². The van der Waals surface area contributed by atoms with Crippen molar-refractivity contribution in [3.8, 4) is 0 Å². The average molecular weight is 487 g/mol. The molecule has 2 fully saturated rings. The molecule has 0 bridgehead atoms. The van der Waals surface area contributed by atoms with E-state index in [1.807, 2.05) is 0 Å². The predicted octanol–water partition coefficient (Wildman–Crippen LogP) is 3.09. The molecule has 2 saturated heterocycles. The highest BCUT2D eigenvalue weighted by Crippen LogP contribution is 2.35. The average Bonchev–Trinajstić information content (AvgIpc) is 2.66. The van der Waals surface area contributed by atoms with E-state index in [0.717, 1.165) is 32.0 Å². The van der Waals surface area contributed by atoms with E-state index in [4.69, 9.17) is 9.73 Å². The quantitative estimate of drug-likeness (QED) is 0.368. The van der Waals surface area contributed by atoms with Crippen molar-refractivity contribution < 1.29 is 9.84 Å². The molecule has 2 aliphatic heterocycles. The molecule has 5 nitrogen and oxygen atoms in total. The minimum absolute atomic E-state index is 0. The molecule has 0 spiro atoms. The molecular weight excluding hydrogens is 453 g/mol. The van der Waals surface area contributed by atoms with Crippen molar-refractivity contribution in [1.29, 1.82) is 0 Å². The zero-order valence-corrected chi connectivity index (χ0v) is 18.9. The third-order valence-corrected chi connectivity index (χ3v) is 5.84. The van der Waals surface area contributed by atoms with Gasteiger partial charge in [0, 0.05) is 19.6 Å². The van der Waals surface area contributed by atoms with Gasteiger partial charge in [-0.05, 0) is 30.7 Å². The molecule has 2 atom stereocenters. The summed E-state index contributed by atoms with van der Waals surface area (Å²) < 4.78 is 5.30. The van der Waals surface area contributed by atoms with Crippen LogP contribution in [0.4, 0.5) is 0 Å². The van der Waals surface area contributed by atoms with E-state index >= 15 is 0 Å². The number of hydrogen-bond donors (Lipinski definition) is 2. The van der Waals surface area contributed by atoms with Gasteiger partial charge in [-0.2, -0.15) is 0 Å². The standard InChI is InChI=1S/C21H33N3O2.HI/c1-3-17-12-24(11-10-19(17)18-8-6-5-7-9-18)20(22-4-2)23-13-21(14-25)15-26-16-21;/h5-9,17,19,25H,3-4,10-16H2,1-2H3,(H,22,23);1H. The van der Waals surface area contributed by atoms with Crippen molar-refractivity contribution in [2.24, 2.45) is 16.3 Å². The van der Waals surface area contributed by atoms with E-state index in [-0.39, 0.29) is 36.0 Å². The molecule has 2 heterocycles. The van der Waals surface area contributed by atoms with Gasteiger partial charge in [0.05, 0.1) is 31.8 Å². The fourth-order valence-electron chi connectivity index (χ4n) is 4.07. The van der Waals surface area contributed by atoms with E-state index in [2.05, 4.69) is 54.4 Å². The number of nitrogens with one attached hydrogen (secondary N) is 1. The second kappa shape index (κ2) is 10.6. The maximum Gasteiger partial charge on any atom is 0.193 e. The van der Waals surface area contributed by atoms with Crippen LogP contribution < -0.4 is 5.32 Å². The SMILES string of the molecule is CCNC(=NCC1(CO)COC1)N1CCC(c2ccccc2)C(CC)C1.I. The molecule has 0 saturated carbocycles. The molecule has 0 amide bonds. The van der Waals surface area contributed by atoms with Gasteiger partial charge >= 0.3 is 0 Å². The first-order valence-electron chi connectivity index (χ1n) is 9.98. The van der Waals surface area contributed by atoms with Gasteiger partial charge in [0.25, 0.3) is 0 Å². The van der Waals surface area contributed by atoms with Crippen molar-refractivity contribution in [1.82, 2.24) is 10.2 Å². The summed E-state index contributed by atoms with van der Waals surface area (Å²) in [7, 11) is 0. The van der Waals surface area contributed by atoms with Crippen LogP contribution in [0.15, 0.2) is 35.3 Å². The molecule has 1 aromatic carbocycles. The summed E-state index contributed by atoms with van der Waals surface area (Å²) in [6, 6.07) is 10.9. The highest BCUT2D eigenvalue weighted by Gasteiger charge is 2.38. The third-order valence-electron chi connectivity index (χ3n) is 5.84. The number of aliphatic hydroxyl groups excluding tert-OH is 1. The number of nitrogens with zero attached hydrogens (tertiary/aromatic N) is 2. The first-order chi connectivity index (χ1) is 12.7. The third kappa shape index (κ3) is 5.35. The lowest BCUT2D eigenvalue weighted by Gasteiger charge is -2.41. The molecule has 2 unspecified atom stereocenters. The maximum absolute atomic E-state index is 9.65. The minimum atomic E-state index is -0.173. The number of piperidine rings is 1. The van der Waals surface area contributed by atoms with Crippen molar-refractivity contribution in [3.63, 3.8) is 0 Å². The number of ether oxygens (including phenoxy) is 1. The van der Waals surface area contributed by atoms with Gasteiger partial charge in [-0.25, -0.2) is 0 Å². The Hall–Kier alpha value is -0.860. The molecule has 27 heavy (non-hydrogen) atoms. The summed E-state index contributed by atoms with van der Waals surface area (Å²) in [6.45, 7) is 9.30. The van der Waals surface area contributed by atoms with E-state index < -0.39 is 0 Å². The molecule has 6 heteroatoms. The van der Waals surface area contributed by atoms with Crippen LogP contribution in [0.25, 0.3) is 0 Å². The topological polar surface area (TPSA) is 57.1 Å². The van der Waals surface area contributed by atoms with Crippen LogP contribution in [0.1, 0.15) is 38.2 Å². The molecule has 0 radical (unpaired) electrons. The van der Waals surface area contributed by atoms with Gasteiger partial charge in [-0.1, -0.05) is 43.7 Å². The lowest BCUT2D eigenvalue weighted by atomic mass is 9.79. The number of rotatable bonds is 6. The monoisotopic (exact) mass is 487 g/mol. The predicted molar refractivity (Wildman–Crippen MR) is 121 cm³/mol. The van der Waals surface area contributed by atoms with Gasteiger partial charge in [0.15, 0.2) is 5.96 Å². The van der Waals surface area contributed by atoms with Crippen LogP contribution in [0.2, 0.25) is 0 Å². The van der Waals surface area contributed by atoms with E-state index in [1.54, 1.807) is 0 Å². The van der Waals surface area contributed by atoms with Gasteiger partial charge in [0.2, 0.25) is 0 Å². The molecule has 1 aromatic rings. The van der Waals surface area contributed by atoms with Crippen molar-refractivity contribution in [2.45, 2.75) is 32.6 Å². The summed E-state index contributed by atoms with van der Waals surface area (Å²) in [5.74, 6) is 2.25. The fraction of sp³-hybridized carbons (Fsp3) is 0.667. The highest BCUT2D eigenvalue weighted by atomic mass is 127. The van der Waals surface area contributed by atoms with Gasteiger partial charge < -0.3 is 20.1 Å². The fourth-order valence-corrected chi connectivity index (χ4v) is 4.07. The molecule has 2 aliphatic rings. The summed E-state index contributed by atoms with van der Waals surface area (Å²) in [4.78, 5) is 7.26. The number of hydrogen-bond acceptors (Lipinski definition) is 3. The van der Waals surface area contributed by atoms with E-state index in [1.165, 1.54) is 12.0 Å². The number of halogens is 1. The Morgan fingerprint density at radius 3 is 2.59 bits per heavy atom. The Bertz CT molecular complexity index is 587.